The van der Waals surface area contributed by atoms with Crippen molar-refractivity contribution in [3.8, 4) is 5.75 Å². The maximum Gasteiger partial charge on any atom is 0.273 e. The van der Waals surface area contributed by atoms with E-state index < -0.39 is 0 Å². The molecule has 5 nitrogen and oxygen atoms in total. The number of anilines is 2. The molecule has 24 heavy (non-hydrogen) atoms. The standard InChI is InChI=1S/C18H23N3O2S/c1-3-23-15-6-4-14(5-7-15)19-18-20-16(12-24-18)17(22)21-10-8-13(2)9-11-21/h4-7,12-13H,3,8-11H2,1-2H3,(H,19,20). The molecule has 1 aliphatic heterocycles. The first kappa shape index (κ1) is 16.8. The maximum atomic E-state index is 12.5. The second-order valence-corrected chi connectivity index (χ2v) is 6.95. The molecule has 1 fully saturated rings. The van der Waals surface area contributed by atoms with E-state index in [1.807, 2.05) is 41.5 Å². The third-order valence-corrected chi connectivity index (χ3v) is 4.97. The predicted octanol–water partition coefficient (Wildman–Crippen LogP) is 4.16. The van der Waals surface area contributed by atoms with Crippen molar-refractivity contribution in [3.05, 3.63) is 35.3 Å². The molecule has 0 atom stereocenters. The maximum absolute atomic E-state index is 12.5. The van der Waals surface area contributed by atoms with Gasteiger partial charge in [0, 0.05) is 24.2 Å². The number of piperidine rings is 1. The summed E-state index contributed by atoms with van der Waals surface area (Å²) in [6, 6.07) is 7.72. The summed E-state index contributed by atoms with van der Waals surface area (Å²) in [4.78, 5) is 18.9. The molecule has 0 spiro atoms. The van der Waals surface area contributed by atoms with Crippen LogP contribution in [0.3, 0.4) is 0 Å². The van der Waals surface area contributed by atoms with Gasteiger partial charge < -0.3 is 15.0 Å². The Morgan fingerprint density at radius 3 is 2.71 bits per heavy atom. The van der Waals surface area contributed by atoms with Crippen LogP contribution in [-0.4, -0.2) is 35.5 Å². The van der Waals surface area contributed by atoms with E-state index in [-0.39, 0.29) is 5.91 Å². The molecule has 1 N–H and O–H groups in total. The molecule has 0 unspecified atom stereocenters. The van der Waals surface area contributed by atoms with Crippen LogP contribution in [0.4, 0.5) is 10.8 Å². The number of carbonyl (C=O) groups excluding carboxylic acids is 1. The van der Waals surface area contributed by atoms with Gasteiger partial charge in [-0.15, -0.1) is 11.3 Å². The van der Waals surface area contributed by atoms with Crippen LogP contribution >= 0.6 is 11.3 Å². The first-order valence-electron chi connectivity index (χ1n) is 8.40. The number of carbonyl (C=O) groups is 1. The highest BCUT2D eigenvalue weighted by Crippen LogP contribution is 2.24. The Morgan fingerprint density at radius 2 is 2.04 bits per heavy atom. The number of amides is 1. The van der Waals surface area contributed by atoms with Crippen molar-refractivity contribution in [2.24, 2.45) is 5.92 Å². The summed E-state index contributed by atoms with van der Waals surface area (Å²) in [5.74, 6) is 1.59. The second-order valence-electron chi connectivity index (χ2n) is 6.10. The summed E-state index contributed by atoms with van der Waals surface area (Å²) in [6.07, 6.45) is 2.15. The predicted molar refractivity (Wildman–Crippen MR) is 97.3 cm³/mol. The summed E-state index contributed by atoms with van der Waals surface area (Å²) in [5.41, 5.74) is 1.46. The number of ether oxygens (including phenoxy) is 1. The van der Waals surface area contributed by atoms with E-state index in [9.17, 15) is 4.79 Å². The van der Waals surface area contributed by atoms with Gasteiger partial charge in [-0.05, 0) is 49.9 Å². The fraction of sp³-hybridized carbons (Fsp3) is 0.444. The fourth-order valence-corrected chi connectivity index (χ4v) is 3.43. The normalized spacial score (nSPS) is 15.3. The van der Waals surface area contributed by atoms with Crippen LogP contribution in [-0.2, 0) is 0 Å². The van der Waals surface area contributed by atoms with E-state index in [4.69, 9.17) is 4.74 Å². The van der Waals surface area contributed by atoms with Crippen LogP contribution in [0.15, 0.2) is 29.6 Å². The molecular formula is C18H23N3O2S. The summed E-state index contributed by atoms with van der Waals surface area (Å²) in [6.45, 7) is 6.52. The number of rotatable bonds is 5. The van der Waals surface area contributed by atoms with E-state index in [0.29, 0.717) is 18.2 Å². The Bertz CT molecular complexity index is 676. The van der Waals surface area contributed by atoms with Crippen LogP contribution in [0.5, 0.6) is 5.75 Å². The average Bonchev–Trinajstić information content (AvgIpc) is 3.05. The summed E-state index contributed by atoms with van der Waals surface area (Å²) >= 11 is 1.45. The molecule has 0 saturated carbocycles. The molecular weight excluding hydrogens is 322 g/mol. The highest BCUT2D eigenvalue weighted by Gasteiger charge is 2.23. The summed E-state index contributed by atoms with van der Waals surface area (Å²) in [5, 5.41) is 5.80. The van der Waals surface area contributed by atoms with Gasteiger partial charge in [0.2, 0.25) is 0 Å². The molecule has 1 aromatic heterocycles. The van der Waals surface area contributed by atoms with Crippen molar-refractivity contribution in [1.82, 2.24) is 9.88 Å². The van der Waals surface area contributed by atoms with Crippen molar-refractivity contribution in [1.29, 1.82) is 0 Å². The van der Waals surface area contributed by atoms with Gasteiger partial charge in [0.15, 0.2) is 5.13 Å². The minimum absolute atomic E-state index is 0.0397. The van der Waals surface area contributed by atoms with Crippen molar-refractivity contribution >= 4 is 28.1 Å². The lowest BCUT2D eigenvalue weighted by molar-refractivity contribution is 0.0692. The number of aromatic nitrogens is 1. The lowest BCUT2D eigenvalue weighted by Gasteiger charge is -2.29. The molecule has 6 heteroatoms. The zero-order valence-corrected chi connectivity index (χ0v) is 14.9. The van der Waals surface area contributed by atoms with Gasteiger partial charge in [-0.1, -0.05) is 6.92 Å². The van der Waals surface area contributed by atoms with Crippen molar-refractivity contribution in [2.75, 3.05) is 25.0 Å². The number of thiazole rings is 1. The molecule has 0 bridgehead atoms. The Morgan fingerprint density at radius 1 is 1.33 bits per heavy atom. The molecule has 128 valence electrons. The van der Waals surface area contributed by atoms with Gasteiger partial charge in [0.05, 0.1) is 6.61 Å². The number of benzene rings is 1. The molecule has 1 amide bonds. The molecule has 1 saturated heterocycles. The van der Waals surface area contributed by atoms with Crippen LogP contribution in [0.1, 0.15) is 37.2 Å². The van der Waals surface area contributed by atoms with E-state index in [1.54, 1.807) is 0 Å². The van der Waals surface area contributed by atoms with Gasteiger partial charge >= 0.3 is 0 Å². The van der Waals surface area contributed by atoms with Gasteiger partial charge in [-0.3, -0.25) is 4.79 Å². The van der Waals surface area contributed by atoms with Crippen LogP contribution in [0.25, 0.3) is 0 Å². The van der Waals surface area contributed by atoms with E-state index >= 15 is 0 Å². The Hall–Kier alpha value is -2.08. The average molecular weight is 345 g/mol. The molecule has 2 aromatic rings. The van der Waals surface area contributed by atoms with Gasteiger partial charge in [0.25, 0.3) is 5.91 Å². The third-order valence-electron chi connectivity index (χ3n) is 4.21. The van der Waals surface area contributed by atoms with Crippen LogP contribution < -0.4 is 10.1 Å². The number of nitrogens with one attached hydrogen (secondary N) is 1. The molecule has 0 aliphatic carbocycles. The number of hydrogen-bond acceptors (Lipinski definition) is 5. The Labute approximate surface area is 146 Å². The Kier molecular flexibility index (Phi) is 5.35. The lowest BCUT2D eigenvalue weighted by atomic mass is 9.99. The summed E-state index contributed by atoms with van der Waals surface area (Å²) in [7, 11) is 0. The van der Waals surface area contributed by atoms with Gasteiger partial charge in [0.1, 0.15) is 11.4 Å². The number of likely N-dealkylation sites (tertiary alicyclic amines) is 1. The Balaban J connectivity index is 1.61. The monoisotopic (exact) mass is 345 g/mol. The molecule has 3 rings (SSSR count). The molecule has 2 heterocycles. The fourth-order valence-electron chi connectivity index (χ4n) is 2.73. The van der Waals surface area contributed by atoms with E-state index in [0.717, 1.165) is 42.5 Å². The number of nitrogens with zero attached hydrogens (tertiary/aromatic N) is 2. The first-order valence-corrected chi connectivity index (χ1v) is 9.28. The van der Waals surface area contributed by atoms with Crippen molar-refractivity contribution in [3.63, 3.8) is 0 Å². The zero-order valence-electron chi connectivity index (χ0n) is 14.1. The smallest absolute Gasteiger partial charge is 0.273 e. The first-order chi connectivity index (χ1) is 11.7. The minimum Gasteiger partial charge on any atom is -0.494 e. The van der Waals surface area contributed by atoms with E-state index in [1.165, 1.54) is 11.3 Å². The quantitative estimate of drug-likeness (QED) is 0.884. The molecule has 1 aliphatic rings. The highest BCUT2D eigenvalue weighted by molar-refractivity contribution is 7.14. The second kappa shape index (κ2) is 7.66. The summed E-state index contributed by atoms with van der Waals surface area (Å²) < 4.78 is 5.43. The molecule has 0 radical (unpaired) electrons. The number of hydrogen-bond donors (Lipinski definition) is 1. The largest absolute Gasteiger partial charge is 0.494 e. The lowest BCUT2D eigenvalue weighted by Crippen LogP contribution is -2.38. The van der Waals surface area contributed by atoms with Crippen LogP contribution in [0.2, 0.25) is 0 Å². The zero-order chi connectivity index (χ0) is 16.9. The van der Waals surface area contributed by atoms with Gasteiger partial charge in [-0.2, -0.15) is 0 Å². The third kappa shape index (κ3) is 4.06. The van der Waals surface area contributed by atoms with Crippen LogP contribution in [0, 0.1) is 5.92 Å². The van der Waals surface area contributed by atoms with E-state index in [2.05, 4.69) is 17.2 Å². The SMILES string of the molecule is CCOc1ccc(Nc2nc(C(=O)N3CCC(C)CC3)cs2)cc1. The van der Waals surface area contributed by atoms with Crippen molar-refractivity contribution in [2.45, 2.75) is 26.7 Å². The van der Waals surface area contributed by atoms with Gasteiger partial charge in [-0.25, -0.2) is 4.98 Å². The van der Waals surface area contributed by atoms with Crippen molar-refractivity contribution < 1.29 is 9.53 Å². The minimum atomic E-state index is 0.0397. The topological polar surface area (TPSA) is 54.5 Å². The molecule has 1 aromatic carbocycles. The highest BCUT2D eigenvalue weighted by atomic mass is 32.1.